The van der Waals surface area contributed by atoms with E-state index in [0.717, 1.165) is 5.56 Å². The minimum Gasteiger partial charge on any atom is -0.458 e. The van der Waals surface area contributed by atoms with E-state index in [-0.39, 0.29) is 19.4 Å². The van der Waals surface area contributed by atoms with Gasteiger partial charge in [0.15, 0.2) is 17.3 Å². The predicted molar refractivity (Wildman–Crippen MR) is 325 cm³/mol. The van der Waals surface area contributed by atoms with Gasteiger partial charge in [-0.2, -0.15) is 0 Å². The summed E-state index contributed by atoms with van der Waals surface area (Å²) in [5.74, 6) is -13.1. The zero-order valence-electron chi connectivity index (χ0n) is 52.8. The predicted octanol–water partition coefficient (Wildman–Crippen LogP) is 1.33. The number of carbonyl (C=O) groups excluding carboxylic acids is 11. The van der Waals surface area contributed by atoms with Crippen molar-refractivity contribution in [3.8, 4) is 0 Å². The maximum atomic E-state index is 14.5. The Kier molecular flexibility index (Phi) is 34.9. The normalized spacial score (nSPS) is 21.6. The summed E-state index contributed by atoms with van der Waals surface area (Å²) in [4.78, 5) is 154. The molecular weight excluding hydrogens is 1110 g/mol. The number of aliphatic hydroxyl groups is 2. The first-order valence-corrected chi connectivity index (χ1v) is 31.1. The third kappa shape index (κ3) is 24.2. The second-order valence-corrected chi connectivity index (χ2v) is 23.5. The molecule has 1 aromatic carbocycles. The molecule has 0 spiro atoms. The third-order valence-corrected chi connectivity index (χ3v) is 16.9. The number of amides is 7. The van der Waals surface area contributed by atoms with Crippen molar-refractivity contribution in [2.45, 2.75) is 214 Å². The van der Waals surface area contributed by atoms with Gasteiger partial charge in [-0.1, -0.05) is 118 Å². The maximum Gasteiger partial charge on any atom is 0.329 e. The molecule has 1 aliphatic heterocycles. The number of ketones is 3. The quantitative estimate of drug-likeness (QED) is 0.0330. The van der Waals surface area contributed by atoms with Gasteiger partial charge in [-0.25, -0.2) is 4.79 Å². The lowest BCUT2D eigenvalue weighted by molar-refractivity contribution is -0.157. The van der Waals surface area contributed by atoms with Crippen molar-refractivity contribution >= 4 is 64.7 Å². The molecule has 1 heterocycles. The summed E-state index contributed by atoms with van der Waals surface area (Å²) in [5.41, 5.74) is 12.4. The lowest BCUT2D eigenvalue weighted by atomic mass is 9.83. The standard InChI is InChI=1S/C62H104N10O14/c1-12-35(5)43(32-48(75)44(25-19-21-27-63)66-60(83)47(34-74)68-61(84)52(37(7)14-3)70-59(82)46(65-11)30-41-23-17-16-18-24-41)57(80)69-51(36(6)13-2)50(77)31-42(33-73)56(79)72-54-40(10)86-62(85)53(38(8)15-4)71-58(81)45(26-20-22-28-64)67-55(78)39(9)29-49(54)76/h16-18,23-24,35-40,42-47,51-54,65,73-74H,12-15,19-22,25-34,63-64H2,1-11H3,(H,66,83)(H,67,78)(H,68,84)(H,69,80)(H,70,82)(H,71,81)(H,72,79)/t35-,36-,37-,38-,39+,40-,42-,43+,44+,45-,46+,47-,51-,52-,53-,54+/m0/s1. The monoisotopic (exact) mass is 1210 g/mol. The number of rotatable bonds is 37. The van der Waals surface area contributed by atoms with E-state index >= 15 is 0 Å². The van der Waals surface area contributed by atoms with Crippen LogP contribution in [-0.2, 0) is 63.9 Å². The fourth-order valence-corrected chi connectivity index (χ4v) is 10.1. The number of nitrogens with two attached hydrogens (primary N) is 2. The van der Waals surface area contributed by atoms with Crippen LogP contribution in [0.2, 0.25) is 0 Å². The van der Waals surface area contributed by atoms with Gasteiger partial charge < -0.3 is 69.0 Å². The molecule has 7 amide bonds. The Balaban J connectivity index is 2.40. The lowest BCUT2D eigenvalue weighted by Crippen LogP contribution is -2.59. The Labute approximate surface area is 508 Å². The highest BCUT2D eigenvalue weighted by Crippen LogP contribution is 2.25. The van der Waals surface area contributed by atoms with Crippen LogP contribution in [0.1, 0.15) is 158 Å². The minimum atomic E-state index is -1.57. The van der Waals surface area contributed by atoms with Crippen LogP contribution in [0.4, 0.5) is 0 Å². The number of ether oxygens (including phenoxy) is 1. The topological polar surface area (TPSA) is 386 Å². The van der Waals surface area contributed by atoms with E-state index in [2.05, 4.69) is 42.5 Å². The third-order valence-electron chi connectivity index (χ3n) is 16.9. The number of cyclic esters (lactones) is 1. The van der Waals surface area contributed by atoms with E-state index in [1.54, 1.807) is 48.6 Å². The molecule has 1 aliphatic rings. The number of carbonyl (C=O) groups is 11. The molecule has 0 saturated carbocycles. The number of likely N-dealkylation sites (N-methyl/N-ethyl adjacent to an activating group) is 1. The van der Waals surface area contributed by atoms with Crippen LogP contribution in [-0.4, -0.2) is 163 Å². The van der Waals surface area contributed by atoms with Crippen LogP contribution < -0.4 is 54.0 Å². The van der Waals surface area contributed by atoms with Crippen molar-refractivity contribution in [2.75, 3.05) is 33.4 Å². The van der Waals surface area contributed by atoms with Crippen molar-refractivity contribution in [1.82, 2.24) is 42.5 Å². The molecule has 0 radical (unpaired) electrons. The molecule has 486 valence electrons. The number of Topliss-reactive ketones (excluding diaryl/α,β-unsaturated/α-hetero) is 3. The van der Waals surface area contributed by atoms with E-state index in [0.29, 0.717) is 64.3 Å². The van der Waals surface area contributed by atoms with E-state index in [4.69, 9.17) is 16.2 Å². The van der Waals surface area contributed by atoms with Crippen LogP contribution in [0.5, 0.6) is 0 Å². The second-order valence-electron chi connectivity index (χ2n) is 23.5. The molecule has 2 rings (SSSR count). The number of unbranched alkanes of at least 4 members (excludes halogenated alkanes) is 2. The van der Waals surface area contributed by atoms with Gasteiger partial charge >= 0.3 is 5.97 Å². The van der Waals surface area contributed by atoms with E-state index in [1.165, 1.54) is 13.8 Å². The average Bonchev–Trinajstić information content (AvgIpc) is 3.76. The summed E-state index contributed by atoms with van der Waals surface area (Å²) < 4.78 is 5.79. The summed E-state index contributed by atoms with van der Waals surface area (Å²) in [5, 5.41) is 43.0. The van der Waals surface area contributed by atoms with Gasteiger partial charge in [0, 0.05) is 31.1 Å². The van der Waals surface area contributed by atoms with Crippen LogP contribution in [0.25, 0.3) is 0 Å². The lowest BCUT2D eigenvalue weighted by Gasteiger charge is -2.31. The van der Waals surface area contributed by atoms with Crippen molar-refractivity contribution in [3.05, 3.63) is 35.9 Å². The number of hydrogen-bond acceptors (Lipinski definition) is 17. The van der Waals surface area contributed by atoms with Crippen molar-refractivity contribution in [2.24, 2.45) is 52.9 Å². The van der Waals surface area contributed by atoms with E-state index in [9.17, 15) is 63.0 Å². The number of aliphatic hydroxyl groups excluding tert-OH is 2. The Hall–Kier alpha value is -6.21. The number of nitrogens with one attached hydrogen (secondary N) is 8. The molecule has 0 aromatic heterocycles. The van der Waals surface area contributed by atoms with Crippen molar-refractivity contribution in [1.29, 1.82) is 0 Å². The van der Waals surface area contributed by atoms with Gasteiger partial charge in [-0.05, 0) is 101 Å². The summed E-state index contributed by atoms with van der Waals surface area (Å²) in [6.45, 7) is 15.9. The maximum absolute atomic E-state index is 14.5. The summed E-state index contributed by atoms with van der Waals surface area (Å²) in [7, 11) is 1.63. The Bertz CT molecular complexity index is 2360. The van der Waals surface area contributed by atoms with Crippen LogP contribution >= 0.6 is 0 Å². The Morgan fingerprint density at radius 2 is 1.22 bits per heavy atom. The zero-order valence-corrected chi connectivity index (χ0v) is 52.8. The molecule has 1 saturated heterocycles. The number of benzene rings is 1. The van der Waals surface area contributed by atoms with Gasteiger partial charge in [-0.3, -0.25) is 47.9 Å². The highest BCUT2D eigenvalue weighted by atomic mass is 16.5. The summed E-state index contributed by atoms with van der Waals surface area (Å²) in [6, 6.07) is -0.275. The molecular formula is C62H104N10O14. The Morgan fingerprint density at radius 3 is 1.79 bits per heavy atom. The molecule has 0 aliphatic carbocycles. The van der Waals surface area contributed by atoms with E-state index in [1.807, 2.05) is 44.2 Å². The minimum absolute atomic E-state index is 0.0921. The van der Waals surface area contributed by atoms with Crippen LogP contribution in [0.3, 0.4) is 0 Å². The molecule has 24 heteroatoms. The molecule has 14 N–H and O–H groups in total. The summed E-state index contributed by atoms with van der Waals surface area (Å²) >= 11 is 0. The molecule has 86 heavy (non-hydrogen) atoms. The smallest absolute Gasteiger partial charge is 0.329 e. The second kappa shape index (κ2) is 39.6. The average molecular weight is 1210 g/mol. The molecule has 0 unspecified atom stereocenters. The zero-order chi connectivity index (χ0) is 64.8. The van der Waals surface area contributed by atoms with Gasteiger partial charge in [0.05, 0.1) is 37.3 Å². The van der Waals surface area contributed by atoms with Gasteiger partial charge in [-0.15, -0.1) is 0 Å². The SMILES string of the molecule is CC[C@H](C)[C@H](NC(=O)[C@H](CC(=O)[C@@H](CCCCN)NC(=O)[C@H](CO)NC(=O)[C@@H](NC(=O)[C@@H](Cc1ccccc1)NC)[C@@H](C)CC)[C@@H](C)CC)C(=O)C[C@@H](CO)C(=O)N[C@H]1C(=O)C[C@@H](C)C(=O)N[C@@H](CCCCN)C(=O)N[C@@H]([C@@H](C)CC)C(=O)O[C@H]1C. The number of hydrogen-bond donors (Lipinski definition) is 12. The molecule has 16 atom stereocenters. The summed E-state index contributed by atoms with van der Waals surface area (Å²) in [6.07, 6.45) is 1.41. The van der Waals surface area contributed by atoms with Crippen LogP contribution in [0, 0.1) is 41.4 Å². The fraction of sp³-hybridized carbons (Fsp3) is 0.726. The molecule has 1 fully saturated rings. The highest BCUT2D eigenvalue weighted by molar-refractivity contribution is 5.99. The van der Waals surface area contributed by atoms with Gasteiger partial charge in [0.1, 0.15) is 36.3 Å². The highest BCUT2D eigenvalue weighted by Gasteiger charge is 2.41. The van der Waals surface area contributed by atoms with Crippen molar-refractivity contribution < 1.29 is 67.7 Å². The molecule has 24 nitrogen and oxygen atoms in total. The molecule has 1 aromatic rings. The largest absolute Gasteiger partial charge is 0.458 e. The first-order valence-electron chi connectivity index (χ1n) is 31.1. The van der Waals surface area contributed by atoms with Crippen molar-refractivity contribution in [3.63, 3.8) is 0 Å². The number of esters is 1. The Morgan fingerprint density at radius 1 is 0.640 bits per heavy atom. The van der Waals surface area contributed by atoms with Gasteiger partial charge in [0.2, 0.25) is 41.4 Å². The van der Waals surface area contributed by atoms with Crippen LogP contribution in [0.15, 0.2) is 30.3 Å². The van der Waals surface area contributed by atoms with E-state index < -0.39 is 193 Å². The first-order chi connectivity index (χ1) is 40.8. The molecule has 0 bridgehead atoms. The van der Waals surface area contributed by atoms with Gasteiger partial charge in [0.25, 0.3) is 0 Å². The fourth-order valence-electron chi connectivity index (χ4n) is 10.1. The first kappa shape index (κ1) is 75.9.